The van der Waals surface area contributed by atoms with Gasteiger partial charge in [0.1, 0.15) is 23.7 Å². The third kappa shape index (κ3) is 4.26. The van der Waals surface area contributed by atoms with Gasteiger partial charge in [-0.05, 0) is 43.2 Å². The minimum absolute atomic E-state index is 0.816. The first-order valence-electron chi connectivity index (χ1n) is 9.93. The Morgan fingerprint density at radius 1 is 0.897 bits per heavy atom. The Kier molecular flexibility index (Phi) is 5.51. The van der Waals surface area contributed by atoms with Crippen molar-refractivity contribution in [1.29, 1.82) is 0 Å². The Hall–Kier alpha value is -3.28. The zero-order valence-corrected chi connectivity index (χ0v) is 17.2. The molecule has 1 saturated heterocycles. The zero-order valence-electron chi connectivity index (χ0n) is 17.2. The van der Waals surface area contributed by atoms with Crippen molar-refractivity contribution >= 4 is 23.0 Å². The minimum Gasteiger partial charge on any atom is -0.495 e. The molecule has 0 amide bonds. The molecule has 2 heterocycles. The minimum atomic E-state index is 0.816. The van der Waals surface area contributed by atoms with Crippen molar-refractivity contribution in [1.82, 2.24) is 9.97 Å². The van der Waals surface area contributed by atoms with Gasteiger partial charge in [0.25, 0.3) is 0 Å². The molecule has 29 heavy (non-hydrogen) atoms. The van der Waals surface area contributed by atoms with E-state index in [0.717, 1.165) is 54.9 Å². The third-order valence-corrected chi connectivity index (χ3v) is 5.34. The van der Waals surface area contributed by atoms with Gasteiger partial charge in [0.15, 0.2) is 0 Å². The van der Waals surface area contributed by atoms with Crippen LogP contribution in [0.25, 0.3) is 0 Å². The van der Waals surface area contributed by atoms with E-state index in [1.807, 2.05) is 18.2 Å². The van der Waals surface area contributed by atoms with Crippen LogP contribution in [0.15, 0.2) is 54.9 Å². The first kappa shape index (κ1) is 19.1. The van der Waals surface area contributed by atoms with E-state index >= 15 is 0 Å². The first-order valence-corrected chi connectivity index (χ1v) is 9.93. The van der Waals surface area contributed by atoms with Gasteiger partial charge in [0.2, 0.25) is 0 Å². The summed E-state index contributed by atoms with van der Waals surface area (Å²) in [5, 5.41) is 3.44. The van der Waals surface area contributed by atoms with Crippen LogP contribution in [0.1, 0.15) is 11.1 Å². The van der Waals surface area contributed by atoms with Crippen LogP contribution in [0, 0.1) is 13.8 Å². The number of hydrogen-bond donors (Lipinski definition) is 1. The monoisotopic (exact) mass is 389 g/mol. The average molecular weight is 390 g/mol. The second-order valence-electron chi connectivity index (χ2n) is 7.35. The molecule has 0 atom stereocenters. The fourth-order valence-corrected chi connectivity index (χ4v) is 3.66. The molecular weight excluding hydrogens is 362 g/mol. The molecule has 0 unspecified atom stereocenters. The van der Waals surface area contributed by atoms with Gasteiger partial charge in [0, 0.05) is 37.9 Å². The normalized spacial score (nSPS) is 14.0. The number of nitrogens with zero attached hydrogens (tertiary/aromatic N) is 4. The lowest BCUT2D eigenvalue weighted by atomic mass is 10.1. The van der Waals surface area contributed by atoms with E-state index in [1.165, 1.54) is 11.1 Å². The molecule has 4 rings (SSSR count). The van der Waals surface area contributed by atoms with Crippen LogP contribution < -0.4 is 19.9 Å². The lowest BCUT2D eigenvalue weighted by molar-refractivity contribution is 0.413. The van der Waals surface area contributed by atoms with E-state index in [-0.39, 0.29) is 0 Å². The predicted octanol–water partition coefficient (Wildman–Crippen LogP) is 4.17. The Morgan fingerprint density at radius 3 is 2.45 bits per heavy atom. The van der Waals surface area contributed by atoms with Gasteiger partial charge in [0.05, 0.1) is 12.8 Å². The lowest BCUT2D eigenvalue weighted by Gasteiger charge is -2.37. The molecule has 1 aliphatic rings. The van der Waals surface area contributed by atoms with Crippen LogP contribution in [0.4, 0.5) is 23.0 Å². The Bertz CT molecular complexity index is 983. The molecule has 6 heteroatoms. The van der Waals surface area contributed by atoms with Crippen molar-refractivity contribution < 1.29 is 4.74 Å². The highest BCUT2D eigenvalue weighted by atomic mass is 16.5. The number of ether oxygens (including phenoxy) is 1. The molecule has 1 aromatic heterocycles. The first-order chi connectivity index (χ1) is 14.1. The van der Waals surface area contributed by atoms with Gasteiger partial charge < -0.3 is 19.9 Å². The number of aromatic nitrogens is 2. The summed E-state index contributed by atoms with van der Waals surface area (Å²) < 4.78 is 5.52. The highest BCUT2D eigenvalue weighted by molar-refractivity contribution is 5.64. The van der Waals surface area contributed by atoms with E-state index in [2.05, 4.69) is 69.3 Å². The maximum atomic E-state index is 5.52. The van der Waals surface area contributed by atoms with E-state index in [0.29, 0.717) is 0 Å². The van der Waals surface area contributed by atoms with Crippen molar-refractivity contribution in [2.45, 2.75) is 13.8 Å². The zero-order chi connectivity index (χ0) is 20.2. The SMILES string of the molecule is COc1ccccc1N1CCN(c2cc(Nc3cc(C)ccc3C)ncn2)CC1. The number of aryl methyl sites for hydroxylation is 2. The second-order valence-corrected chi connectivity index (χ2v) is 7.35. The van der Waals surface area contributed by atoms with Crippen molar-refractivity contribution in [2.24, 2.45) is 0 Å². The molecular formula is C23H27N5O. The Balaban J connectivity index is 1.45. The van der Waals surface area contributed by atoms with Gasteiger partial charge in [-0.1, -0.05) is 24.3 Å². The summed E-state index contributed by atoms with van der Waals surface area (Å²) in [5.41, 5.74) is 4.64. The van der Waals surface area contributed by atoms with Crippen LogP contribution in [0.5, 0.6) is 5.75 Å². The molecule has 1 N–H and O–H groups in total. The molecule has 0 aliphatic carbocycles. The van der Waals surface area contributed by atoms with Crippen molar-refractivity contribution in [3.63, 3.8) is 0 Å². The number of anilines is 4. The molecule has 0 bridgehead atoms. The third-order valence-electron chi connectivity index (χ3n) is 5.34. The highest BCUT2D eigenvalue weighted by Crippen LogP contribution is 2.29. The number of rotatable bonds is 5. The molecule has 6 nitrogen and oxygen atoms in total. The summed E-state index contributed by atoms with van der Waals surface area (Å²) in [6, 6.07) is 16.6. The smallest absolute Gasteiger partial charge is 0.142 e. The van der Waals surface area contributed by atoms with Gasteiger partial charge in [-0.25, -0.2) is 9.97 Å². The van der Waals surface area contributed by atoms with E-state index in [1.54, 1.807) is 13.4 Å². The van der Waals surface area contributed by atoms with Crippen molar-refractivity contribution in [3.8, 4) is 5.75 Å². The lowest BCUT2D eigenvalue weighted by Crippen LogP contribution is -2.47. The van der Waals surface area contributed by atoms with E-state index < -0.39 is 0 Å². The van der Waals surface area contributed by atoms with Gasteiger partial charge in [-0.2, -0.15) is 0 Å². The van der Waals surface area contributed by atoms with Crippen LogP contribution in [-0.4, -0.2) is 43.3 Å². The van der Waals surface area contributed by atoms with Gasteiger partial charge >= 0.3 is 0 Å². The van der Waals surface area contributed by atoms with Gasteiger partial charge in [-0.3, -0.25) is 0 Å². The summed E-state index contributed by atoms with van der Waals surface area (Å²) >= 11 is 0. The summed E-state index contributed by atoms with van der Waals surface area (Å²) in [4.78, 5) is 13.6. The predicted molar refractivity (Wildman–Crippen MR) is 119 cm³/mol. The van der Waals surface area contributed by atoms with Crippen LogP contribution in [0.2, 0.25) is 0 Å². The number of hydrogen-bond acceptors (Lipinski definition) is 6. The van der Waals surface area contributed by atoms with Crippen LogP contribution >= 0.6 is 0 Å². The summed E-state index contributed by atoms with van der Waals surface area (Å²) in [6.07, 6.45) is 1.63. The average Bonchev–Trinajstić information content (AvgIpc) is 2.76. The fourth-order valence-electron chi connectivity index (χ4n) is 3.66. The molecule has 0 saturated carbocycles. The molecule has 0 radical (unpaired) electrons. The number of piperazine rings is 1. The topological polar surface area (TPSA) is 53.5 Å². The molecule has 150 valence electrons. The van der Waals surface area contributed by atoms with Gasteiger partial charge in [-0.15, -0.1) is 0 Å². The van der Waals surface area contributed by atoms with Crippen molar-refractivity contribution in [3.05, 3.63) is 66.0 Å². The molecule has 0 spiro atoms. The summed E-state index contributed by atoms with van der Waals surface area (Å²) in [5.74, 6) is 2.69. The molecule has 1 fully saturated rings. The van der Waals surface area contributed by atoms with E-state index in [9.17, 15) is 0 Å². The quantitative estimate of drug-likeness (QED) is 0.707. The summed E-state index contributed by atoms with van der Waals surface area (Å²) in [6.45, 7) is 7.84. The standard InChI is InChI=1S/C23H27N5O/c1-17-8-9-18(2)19(14-17)26-22-15-23(25-16-24-22)28-12-10-27(11-13-28)20-6-4-5-7-21(20)29-3/h4-9,14-16H,10-13H2,1-3H3,(H,24,25,26). The highest BCUT2D eigenvalue weighted by Gasteiger charge is 2.20. The largest absolute Gasteiger partial charge is 0.495 e. The van der Waals surface area contributed by atoms with E-state index in [4.69, 9.17) is 4.74 Å². The number of methoxy groups -OCH3 is 1. The van der Waals surface area contributed by atoms with Crippen molar-refractivity contribution in [2.75, 3.05) is 48.4 Å². The van der Waals surface area contributed by atoms with Crippen LogP contribution in [-0.2, 0) is 0 Å². The maximum Gasteiger partial charge on any atom is 0.142 e. The molecule has 3 aromatic rings. The molecule has 1 aliphatic heterocycles. The van der Waals surface area contributed by atoms with Crippen LogP contribution in [0.3, 0.4) is 0 Å². The fraction of sp³-hybridized carbons (Fsp3) is 0.304. The summed E-state index contributed by atoms with van der Waals surface area (Å²) in [7, 11) is 1.72. The molecule has 2 aromatic carbocycles. The Morgan fingerprint density at radius 2 is 1.66 bits per heavy atom. The number of para-hydroxylation sites is 2. The number of nitrogens with one attached hydrogen (secondary N) is 1. The number of benzene rings is 2. The Labute approximate surface area is 172 Å². The maximum absolute atomic E-state index is 5.52. The second kappa shape index (κ2) is 8.39.